The van der Waals surface area contributed by atoms with Gasteiger partial charge in [0.2, 0.25) is 11.7 Å². The van der Waals surface area contributed by atoms with E-state index < -0.39 is 11.6 Å². The lowest BCUT2D eigenvalue weighted by atomic mass is 10.3. The van der Waals surface area contributed by atoms with Crippen LogP contribution in [-0.4, -0.2) is 9.97 Å². The molecule has 2 rings (SSSR count). The average molecular weight is 233 g/mol. The van der Waals surface area contributed by atoms with Crippen molar-refractivity contribution in [3.63, 3.8) is 0 Å². The van der Waals surface area contributed by atoms with Crippen LogP contribution in [0.5, 0.6) is 11.6 Å². The van der Waals surface area contributed by atoms with Gasteiger partial charge >= 0.3 is 0 Å². The molecule has 0 amide bonds. The number of aromatic nitrogens is 2. The highest BCUT2D eigenvalue weighted by Crippen LogP contribution is 2.23. The zero-order valence-electron chi connectivity index (χ0n) is 8.39. The minimum atomic E-state index is -1.10. The molecule has 1 aromatic carbocycles. The molecule has 0 N–H and O–H groups in total. The van der Waals surface area contributed by atoms with Gasteiger partial charge in [-0.15, -0.1) is 0 Å². The molecule has 17 heavy (non-hydrogen) atoms. The summed E-state index contributed by atoms with van der Waals surface area (Å²) in [5.41, 5.74) is 0.108. The van der Waals surface area contributed by atoms with Crippen LogP contribution in [0.1, 0.15) is 5.69 Å². The fraction of sp³-hybridized carbons (Fsp3) is 0. The van der Waals surface area contributed by atoms with Crippen LogP contribution in [0.4, 0.5) is 8.78 Å². The second kappa shape index (κ2) is 4.53. The molecule has 0 atom stereocenters. The number of nitrogens with zero attached hydrogens (tertiary/aromatic N) is 3. The molecule has 84 valence electrons. The van der Waals surface area contributed by atoms with E-state index >= 15 is 0 Å². The third-order valence-electron chi connectivity index (χ3n) is 1.87. The summed E-state index contributed by atoms with van der Waals surface area (Å²) in [7, 11) is 0. The molecule has 0 fully saturated rings. The molecular formula is C11H5F2N3O. The molecule has 0 bridgehead atoms. The van der Waals surface area contributed by atoms with E-state index in [-0.39, 0.29) is 17.3 Å². The summed E-state index contributed by atoms with van der Waals surface area (Å²) in [6.07, 6.45) is 2.33. The van der Waals surface area contributed by atoms with Crippen LogP contribution in [0.3, 0.4) is 0 Å². The van der Waals surface area contributed by atoms with Gasteiger partial charge in [0.15, 0.2) is 17.3 Å². The number of hydrogen-bond donors (Lipinski definition) is 0. The van der Waals surface area contributed by atoms with Gasteiger partial charge < -0.3 is 4.74 Å². The van der Waals surface area contributed by atoms with Crippen molar-refractivity contribution in [3.05, 3.63) is 47.9 Å². The molecule has 0 aliphatic carbocycles. The van der Waals surface area contributed by atoms with Crippen molar-refractivity contribution in [2.45, 2.75) is 0 Å². The van der Waals surface area contributed by atoms with Gasteiger partial charge in [-0.25, -0.2) is 14.4 Å². The summed E-state index contributed by atoms with van der Waals surface area (Å²) < 4.78 is 31.1. The predicted octanol–water partition coefficient (Wildman–Crippen LogP) is 2.42. The Morgan fingerprint density at radius 3 is 2.65 bits per heavy atom. The second-order valence-corrected chi connectivity index (χ2v) is 3.01. The van der Waals surface area contributed by atoms with E-state index in [1.807, 2.05) is 0 Å². The van der Waals surface area contributed by atoms with E-state index in [1.54, 1.807) is 6.07 Å². The van der Waals surface area contributed by atoms with E-state index in [4.69, 9.17) is 10.00 Å². The van der Waals surface area contributed by atoms with E-state index in [9.17, 15) is 8.78 Å². The number of hydrogen-bond acceptors (Lipinski definition) is 4. The van der Waals surface area contributed by atoms with Crippen LogP contribution >= 0.6 is 0 Å². The molecule has 6 heteroatoms. The van der Waals surface area contributed by atoms with Gasteiger partial charge in [0, 0.05) is 0 Å². The summed E-state index contributed by atoms with van der Waals surface area (Å²) >= 11 is 0. The number of benzene rings is 1. The highest BCUT2D eigenvalue weighted by molar-refractivity contribution is 5.29. The van der Waals surface area contributed by atoms with Crippen molar-refractivity contribution in [2.24, 2.45) is 0 Å². The minimum Gasteiger partial charge on any atom is -0.434 e. The number of ether oxygens (including phenoxy) is 1. The first kappa shape index (κ1) is 11.0. The lowest BCUT2D eigenvalue weighted by Crippen LogP contribution is -1.94. The van der Waals surface area contributed by atoms with Crippen LogP contribution in [0, 0.1) is 23.0 Å². The van der Waals surface area contributed by atoms with Crippen molar-refractivity contribution in [3.8, 4) is 17.7 Å². The lowest BCUT2D eigenvalue weighted by Gasteiger charge is -2.05. The topological polar surface area (TPSA) is 58.8 Å². The van der Waals surface area contributed by atoms with Gasteiger partial charge in [-0.2, -0.15) is 9.65 Å². The average Bonchev–Trinajstić information content (AvgIpc) is 2.36. The lowest BCUT2D eigenvalue weighted by molar-refractivity contribution is 0.404. The summed E-state index contributed by atoms with van der Waals surface area (Å²) in [5.74, 6) is -2.42. The van der Waals surface area contributed by atoms with Gasteiger partial charge in [0.1, 0.15) is 6.07 Å². The van der Waals surface area contributed by atoms with Gasteiger partial charge in [-0.1, -0.05) is 6.07 Å². The summed E-state index contributed by atoms with van der Waals surface area (Å²) in [4.78, 5) is 7.40. The quantitative estimate of drug-likeness (QED) is 0.799. The van der Waals surface area contributed by atoms with Crippen LogP contribution < -0.4 is 4.74 Å². The smallest absolute Gasteiger partial charge is 0.238 e. The third kappa shape index (κ3) is 2.34. The van der Waals surface area contributed by atoms with Gasteiger partial charge in [-0.05, 0) is 12.1 Å². The fourth-order valence-electron chi connectivity index (χ4n) is 1.10. The summed E-state index contributed by atoms with van der Waals surface area (Å²) in [6.45, 7) is 0. The Morgan fingerprint density at radius 2 is 2.00 bits per heavy atom. The normalized spacial score (nSPS) is 9.71. The number of rotatable bonds is 2. The third-order valence-corrected chi connectivity index (χ3v) is 1.87. The highest BCUT2D eigenvalue weighted by atomic mass is 19.2. The van der Waals surface area contributed by atoms with E-state index in [1.165, 1.54) is 18.3 Å². The molecule has 0 aliphatic rings. The second-order valence-electron chi connectivity index (χ2n) is 3.01. The molecule has 0 unspecified atom stereocenters. The molecule has 4 nitrogen and oxygen atoms in total. The van der Waals surface area contributed by atoms with Crippen molar-refractivity contribution >= 4 is 0 Å². The first-order valence-corrected chi connectivity index (χ1v) is 4.54. The SMILES string of the molecule is N#Cc1cnc(Oc2cccc(F)c2F)cn1. The molecule has 1 heterocycles. The van der Waals surface area contributed by atoms with Crippen molar-refractivity contribution in [1.82, 2.24) is 9.97 Å². The summed E-state index contributed by atoms with van der Waals surface area (Å²) in [6, 6.07) is 5.33. The highest BCUT2D eigenvalue weighted by Gasteiger charge is 2.10. The molecule has 1 aromatic heterocycles. The van der Waals surface area contributed by atoms with E-state index in [2.05, 4.69) is 9.97 Å². The van der Waals surface area contributed by atoms with Gasteiger partial charge in [0.25, 0.3) is 0 Å². The number of halogens is 2. The Morgan fingerprint density at radius 1 is 1.18 bits per heavy atom. The molecule has 0 aliphatic heterocycles. The molecule has 2 aromatic rings. The standard InChI is InChI=1S/C11H5F2N3O/c12-8-2-1-3-9(11(8)13)17-10-6-15-7(4-14)5-16-10/h1-3,5-6H. The Balaban J connectivity index is 2.26. The van der Waals surface area contributed by atoms with Crippen LogP contribution in [-0.2, 0) is 0 Å². The predicted molar refractivity (Wildman–Crippen MR) is 53.2 cm³/mol. The molecule has 0 saturated heterocycles. The maximum Gasteiger partial charge on any atom is 0.238 e. The monoisotopic (exact) mass is 233 g/mol. The van der Waals surface area contributed by atoms with Crippen molar-refractivity contribution < 1.29 is 13.5 Å². The Labute approximate surface area is 95.1 Å². The Hall–Kier alpha value is -2.55. The first-order chi connectivity index (χ1) is 8.20. The van der Waals surface area contributed by atoms with Crippen molar-refractivity contribution in [1.29, 1.82) is 5.26 Å². The molecule has 0 radical (unpaired) electrons. The Bertz CT molecular complexity index is 578. The molecule has 0 saturated carbocycles. The van der Waals surface area contributed by atoms with Crippen molar-refractivity contribution in [2.75, 3.05) is 0 Å². The van der Waals surface area contributed by atoms with E-state index in [0.717, 1.165) is 12.3 Å². The maximum atomic E-state index is 13.2. The van der Waals surface area contributed by atoms with E-state index in [0.29, 0.717) is 0 Å². The van der Waals surface area contributed by atoms with Crippen LogP contribution in [0.25, 0.3) is 0 Å². The Kier molecular flexibility index (Phi) is 2.92. The van der Waals surface area contributed by atoms with Gasteiger partial charge in [-0.3, -0.25) is 0 Å². The van der Waals surface area contributed by atoms with Gasteiger partial charge in [0.05, 0.1) is 12.4 Å². The largest absolute Gasteiger partial charge is 0.434 e. The molecular weight excluding hydrogens is 228 g/mol. The minimum absolute atomic E-state index is 0.0199. The maximum absolute atomic E-state index is 13.2. The first-order valence-electron chi connectivity index (χ1n) is 4.54. The summed E-state index contributed by atoms with van der Waals surface area (Å²) in [5, 5.41) is 8.50. The molecule has 0 spiro atoms. The fourth-order valence-corrected chi connectivity index (χ4v) is 1.10. The zero-order valence-corrected chi connectivity index (χ0v) is 8.39. The zero-order chi connectivity index (χ0) is 12.3. The van der Waals surface area contributed by atoms with Crippen LogP contribution in [0.2, 0.25) is 0 Å². The van der Waals surface area contributed by atoms with Crippen LogP contribution in [0.15, 0.2) is 30.6 Å². The number of nitriles is 1.